The molecule has 1 aromatic rings. The molecule has 26 heavy (non-hydrogen) atoms. The number of carbonyl (C=O) groups is 3. The lowest BCUT2D eigenvalue weighted by atomic mass is 9.86. The van der Waals surface area contributed by atoms with Crippen LogP contribution >= 0.6 is 0 Å². The van der Waals surface area contributed by atoms with Crippen LogP contribution in [0.25, 0.3) is 0 Å². The molecule has 0 spiro atoms. The van der Waals surface area contributed by atoms with Gasteiger partial charge in [-0.25, -0.2) is 9.59 Å². The summed E-state index contributed by atoms with van der Waals surface area (Å²) in [7, 11) is 0. The molecule has 2 N–H and O–H groups in total. The minimum absolute atomic E-state index is 0.0948. The van der Waals surface area contributed by atoms with Crippen molar-refractivity contribution in [1.29, 1.82) is 0 Å². The van der Waals surface area contributed by atoms with Gasteiger partial charge in [0, 0.05) is 0 Å². The first-order chi connectivity index (χ1) is 12.5. The third-order valence-electron chi connectivity index (χ3n) is 4.49. The Bertz CT molecular complexity index is 747. The van der Waals surface area contributed by atoms with Crippen LogP contribution in [-0.2, 0) is 19.1 Å². The molecule has 2 heterocycles. The third-order valence-corrected chi connectivity index (χ3v) is 4.49. The normalized spacial score (nSPS) is 20.1. The van der Waals surface area contributed by atoms with E-state index in [0.29, 0.717) is 11.5 Å². The number of nitrogens with one attached hydrogen (secondary N) is 2. The molecule has 140 valence electrons. The van der Waals surface area contributed by atoms with Crippen LogP contribution in [0.3, 0.4) is 0 Å². The van der Waals surface area contributed by atoms with Crippen molar-refractivity contribution in [3.05, 3.63) is 34.9 Å². The molecular weight excluding hydrogens is 340 g/mol. The Labute approximate surface area is 150 Å². The second-order valence-corrected chi connectivity index (χ2v) is 6.33. The van der Waals surface area contributed by atoms with E-state index in [0.717, 1.165) is 19.3 Å². The first-order valence-corrected chi connectivity index (χ1v) is 8.70. The number of carbonyl (C=O) groups excluding carboxylic acids is 3. The molecule has 1 aliphatic carbocycles. The van der Waals surface area contributed by atoms with E-state index in [1.54, 1.807) is 26.0 Å². The van der Waals surface area contributed by atoms with Gasteiger partial charge in [-0.15, -0.1) is 0 Å². The number of hydrogen-bond donors (Lipinski definition) is 2. The van der Waals surface area contributed by atoms with Crippen LogP contribution in [0.1, 0.15) is 43.7 Å². The summed E-state index contributed by atoms with van der Waals surface area (Å²) in [6.45, 7) is 3.43. The molecule has 3 rings (SSSR count). The van der Waals surface area contributed by atoms with Crippen LogP contribution < -0.4 is 10.6 Å². The average Bonchev–Trinajstić information content (AvgIpc) is 2.97. The molecule has 2 aliphatic rings. The van der Waals surface area contributed by atoms with Gasteiger partial charge in [-0.05, 0) is 38.8 Å². The van der Waals surface area contributed by atoms with Gasteiger partial charge in [-0.1, -0.05) is 6.42 Å². The molecule has 2 amide bonds. The standard InChI is InChI=1S/C18H22N2O6/c1-3-24-17(22)14-12(9-25-16(21)11-5-4-6-11)19-18(23)20-15(14)13-8-7-10(2)26-13/h7-8,11,15H,3-6,9H2,1-2H3,(H2,19,20,23). The average molecular weight is 362 g/mol. The summed E-state index contributed by atoms with van der Waals surface area (Å²) in [5, 5.41) is 5.21. The van der Waals surface area contributed by atoms with Gasteiger partial charge < -0.3 is 24.5 Å². The fourth-order valence-electron chi connectivity index (χ4n) is 2.91. The Kier molecular flexibility index (Phi) is 5.29. The second kappa shape index (κ2) is 7.63. The van der Waals surface area contributed by atoms with E-state index >= 15 is 0 Å². The molecule has 1 atom stereocenters. The van der Waals surface area contributed by atoms with Crippen LogP contribution in [0.5, 0.6) is 0 Å². The Morgan fingerprint density at radius 1 is 1.27 bits per heavy atom. The van der Waals surface area contributed by atoms with Gasteiger partial charge in [0.05, 0.1) is 23.8 Å². The molecule has 8 nitrogen and oxygen atoms in total. The molecule has 1 aliphatic heterocycles. The van der Waals surface area contributed by atoms with E-state index in [1.165, 1.54) is 0 Å². The van der Waals surface area contributed by atoms with Gasteiger partial charge in [0.25, 0.3) is 0 Å². The number of aryl methyl sites for hydroxylation is 1. The van der Waals surface area contributed by atoms with Crippen LogP contribution in [-0.4, -0.2) is 31.2 Å². The van der Waals surface area contributed by atoms with Crippen molar-refractivity contribution in [2.75, 3.05) is 13.2 Å². The molecular formula is C18H22N2O6. The molecule has 1 unspecified atom stereocenters. The summed E-state index contributed by atoms with van der Waals surface area (Å²) in [4.78, 5) is 36.5. The molecule has 0 aromatic carbocycles. The number of furan rings is 1. The highest BCUT2D eigenvalue weighted by molar-refractivity contribution is 5.95. The molecule has 8 heteroatoms. The quantitative estimate of drug-likeness (QED) is 0.751. The fourth-order valence-corrected chi connectivity index (χ4v) is 2.91. The zero-order valence-corrected chi connectivity index (χ0v) is 14.8. The Morgan fingerprint density at radius 2 is 2.04 bits per heavy atom. The zero-order chi connectivity index (χ0) is 18.7. The molecule has 0 saturated heterocycles. The smallest absolute Gasteiger partial charge is 0.338 e. The second-order valence-electron chi connectivity index (χ2n) is 6.33. The number of rotatable bonds is 6. The largest absolute Gasteiger partial charge is 0.464 e. The summed E-state index contributed by atoms with van der Waals surface area (Å²) in [6.07, 6.45) is 2.63. The highest BCUT2D eigenvalue weighted by Crippen LogP contribution is 2.30. The zero-order valence-electron chi connectivity index (χ0n) is 14.8. The maximum absolute atomic E-state index is 12.5. The minimum Gasteiger partial charge on any atom is -0.464 e. The predicted octanol–water partition coefficient (Wildman–Crippen LogP) is 2.10. The number of esters is 2. The lowest BCUT2D eigenvalue weighted by Crippen LogP contribution is -2.47. The van der Waals surface area contributed by atoms with Crippen LogP contribution in [0.15, 0.2) is 27.8 Å². The summed E-state index contributed by atoms with van der Waals surface area (Å²) in [5.41, 5.74) is 0.376. The SMILES string of the molecule is CCOC(=O)C1=C(COC(=O)C2CCC2)NC(=O)NC1c1ccc(C)o1. The van der Waals surface area contributed by atoms with Crippen LogP contribution in [0.4, 0.5) is 4.79 Å². The van der Waals surface area contributed by atoms with Gasteiger partial charge in [0.15, 0.2) is 0 Å². The van der Waals surface area contributed by atoms with Crippen molar-refractivity contribution in [2.45, 2.75) is 39.2 Å². The highest BCUT2D eigenvalue weighted by Gasteiger charge is 2.36. The van der Waals surface area contributed by atoms with Gasteiger partial charge in [0.2, 0.25) is 0 Å². The van der Waals surface area contributed by atoms with Gasteiger partial charge >= 0.3 is 18.0 Å². The van der Waals surface area contributed by atoms with E-state index in [-0.39, 0.29) is 36.4 Å². The van der Waals surface area contributed by atoms with E-state index in [9.17, 15) is 14.4 Å². The van der Waals surface area contributed by atoms with Gasteiger partial charge in [-0.3, -0.25) is 4.79 Å². The molecule has 0 radical (unpaired) electrons. The van der Waals surface area contributed by atoms with Crippen molar-refractivity contribution < 1.29 is 28.3 Å². The third kappa shape index (κ3) is 3.74. The maximum Gasteiger partial charge on any atom is 0.338 e. The van der Waals surface area contributed by atoms with E-state index in [2.05, 4.69) is 10.6 Å². The molecule has 1 saturated carbocycles. The predicted molar refractivity (Wildman–Crippen MR) is 89.8 cm³/mol. The summed E-state index contributed by atoms with van der Waals surface area (Å²) in [5.74, 6) is 0.0404. The van der Waals surface area contributed by atoms with Crippen LogP contribution in [0, 0.1) is 12.8 Å². The summed E-state index contributed by atoms with van der Waals surface area (Å²) in [6, 6.07) is 2.10. The number of urea groups is 1. The number of amides is 2. The van der Waals surface area contributed by atoms with Crippen molar-refractivity contribution in [2.24, 2.45) is 5.92 Å². The minimum atomic E-state index is -0.811. The van der Waals surface area contributed by atoms with Crippen molar-refractivity contribution >= 4 is 18.0 Å². The van der Waals surface area contributed by atoms with Crippen LogP contribution in [0.2, 0.25) is 0 Å². The lowest BCUT2D eigenvalue weighted by molar-refractivity contribution is -0.150. The van der Waals surface area contributed by atoms with Gasteiger partial charge in [0.1, 0.15) is 24.2 Å². The molecule has 1 fully saturated rings. The number of hydrogen-bond acceptors (Lipinski definition) is 6. The Hall–Kier alpha value is -2.77. The van der Waals surface area contributed by atoms with E-state index in [1.807, 2.05) is 0 Å². The highest BCUT2D eigenvalue weighted by atomic mass is 16.5. The number of ether oxygens (including phenoxy) is 2. The maximum atomic E-state index is 12.5. The molecule has 1 aromatic heterocycles. The summed E-state index contributed by atoms with van der Waals surface area (Å²) < 4.78 is 16.0. The lowest BCUT2D eigenvalue weighted by Gasteiger charge is -2.28. The first kappa shape index (κ1) is 18.0. The van der Waals surface area contributed by atoms with E-state index in [4.69, 9.17) is 13.9 Å². The summed E-state index contributed by atoms with van der Waals surface area (Å²) >= 11 is 0. The van der Waals surface area contributed by atoms with Crippen molar-refractivity contribution in [1.82, 2.24) is 10.6 Å². The van der Waals surface area contributed by atoms with Crippen molar-refractivity contribution in [3.8, 4) is 0 Å². The Morgan fingerprint density at radius 3 is 2.62 bits per heavy atom. The van der Waals surface area contributed by atoms with Crippen molar-refractivity contribution in [3.63, 3.8) is 0 Å². The van der Waals surface area contributed by atoms with Gasteiger partial charge in [-0.2, -0.15) is 0 Å². The fraction of sp³-hybridized carbons (Fsp3) is 0.500. The van der Waals surface area contributed by atoms with E-state index < -0.39 is 18.0 Å². The monoisotopic (exact) mass is 362 g/mol. The first-order valence-electron chi connectivity index (χ1n) is 8.70. The Balaban J connectivity index is 1.88. The topological polar surface area (TPSA) is 107 Å². The molecule has 0 bridgehead atoms.